The zero-order valence-electron chi connectivity index (χ0n) is 12.2. The molecule has 2 aromatic rings. The van der Waals surface area contributed by atoms with Crippen LogP contribution >= 0.6 is 0 Å². The second-order valence-corrected chi connectivity index (χ2v) is 4.46. The SMILES string of the molecule is CCOC(=O)/C(=C/c1cc2ccccc2n(C)c1=O)N=[N+]=[N-]. The van der Waals surface area contributed by atoms with Crippen LogP contribution in [0.2, 0.25) is 0 Å². The Morgan fingerprint density at radius 3 is 2.86 bits per heavy atom. The minimum absolute atomic E-state index is 0.146. The van der Waals surface area contributed by atoms with Crippen molar-refractivity contribution in [3.05, 3.63) is 62.4 Å². The molecule has 112 valence electrons. The molecule has 0 spiro atoms. The van der Waals surface area contributed by atoms with Crippen molar-refractivity contribution in [3.8, 4) is 0 Å². The van der Waals surface area contributed by atoms with Crippen LogP contribution in [-0.4, -0.2) is 17.1 Å². The number of aromatic nitrogens is 1. The molecule has 0 bridgehead atoms. The maximum atomic E-state index is 12.3. The first-order valence-corrected chi connectivity index (χ1v) is 6.61. The molecule has 0 aliphatic heterocycles. The number of hydrogen-bond donors (Lipinski definition) is 0. The molecule has 2 rings (SSSR count). The van der Waals surface area contributed by atoms with E-state index in [2.05, 4.69) is 10.0 Å². The number of hydrogen-bond acceptors (Lipinski definition) is 4. The van der Waals surface area contributed by atoms with E-state index >= 15 is 0 Å². The van der Waals surface area contributed by atoms with Crippen LogP contribution in [0.1, 0.15) is 12.5 Å². The maximum Gasteiger partial charge on any atom is 0.340 e. The number of ether oxygens (including phenoxy) is 1. The van der Waals surface area contributed by atoms with Crippen LogP contribution in [0.25, 0.3) is 27.4 Å². The van der Waals surface area contributed by atoms with E-state index in [-0.39, 0.29) is 23.4 Å². The summed E-state index contributed by atoms with van der Waals surface area (Å²) in [6.07, 6.45) is 1.24. The summed E-state index contributed by atoms with van der Waals surface area (Å²) in [6.45, 7) is 1.79. The molecule has 1 aromatic carbocycles. The van der Waals surface area contributed by atoms with Crippen molar-refractivity contribution >= 4 is 22.9 Å². The van der Waals surface area contributed by atoms with E-state index in [1.807, 2.05) is 24.3 Å². The summed E-state index contributed by atoms with van der Waals surface area (Å²) in [5.74, 6) is -0.768. The second kappa shape index (κ2) is 6.60. The third-order valence-corrected chi connectivity index (χ3v) is 3.09. The molecule has 0 saturated heterocycles. The van der Waals surface area contributed by atoms with Crippen LogP contribution in [0.3, 0.4) is 0 Å². The van der Waals surface area contributed by atoms with Crippen LogP contribution in [0.4, 0.5) is 0 Å². The van der Waals surface area contributed by atoms with Crippen molar-refractivity contribution in [2.75, 3.05) is 6.61 Å². The molecule has 7 nitrogen and oxygen atoms in total. The third-order valence-electron chi connectivity index (χ3n) is 3.09. The van der Waals surface area contributed by atoms with Crippen LogP contribution in [0, 0.1) is 0 Å². The number of pyridine rings is 1. The Morgan fingerprint density at radius 1 is 1.45 bits per heavy atom. The largest absolute Gasteiger partial charge is 0.462 e. The summed E-state index contributed by atoms with van der Waals surface area (Å²) in [4.78, 5) is 26.7. The molecule has 0 aliphatic carbocycles. The Morgan fingerprint density at radius 2 is 2.18 bits per heavy atom. The van der Waals surface area contributed by atoms with E-state index in [0.717, 1.165) is 10.9 Å². The van der Waals surface area contributed by atoms with Crippen molar-refractivity contribution in [1.82, 2.24) is 4.57 Å². The fraction of sp³-hybridized carbons (Fsp3) is 0.200. The number of aryl methyl sites for hydroxylation is 1. The van der Waals surface area contributed by atoms with Gasteiger partial charge in [-0.1, -0.05) is 23.3 Å². The Bertz CT molecular complexity index is 861. The van der Waals surface area contributed by atoms with E-state index in [1.54, 1.807) is 20.0 Å². The van der Waals surface area contributed by atoms with Gasteiger partial charge in [0.25, 0.3) is 5.56 Å². The van der Waals surface area contributed by atoms with Gasteiger partial charge in [-0.05, 0) is 36.0 Å². The molecule has 0 atom stereocenters. The van der Waals surface area contributed by atoms with E-state index < -0.39 is 5.97 Å². The predicted molar refractivity (Wildman–Crippen MR) is 82.9 cm³/mol. The summed E-state index contributed by atoms with van der Waals surface area (Å²) in [6, 6.07) is 9.00. The first-order chi connectivity index (χ1) is 10.6. The topological polar surface area (TPSA) is 97.1 Å². The summed E-state index contributed by atoms with van der Waals surface area (Å²) in [5, 5.41) is 4.14. The molecule has 1 aromatic heterocycles. The molecule has 0 amide bonds. The van der Waals surface area contributed by atoms with Gasteiger partial charge >= 0.3 is 5.97 Å². The van der Waals surface area contributed by atoms with E-state index in [0.29, 0.717) is 0 Å². The number of para-hydroxylation sites is 1. The average molecular weight is 298 g/mol. The van der Waals surface area contributed by atoms with Crippen LogP contribution in [-0.2, 0) is 16.6 Å². The molecule has 0 fully saturated rings. The van der Waals surface area contributed by atoms with Gasteiger partial charge in [0.05, 0.1) is 12.1 Å². The Labute approximate surface area is 126 Å². The summed E-state index contributed by atoms with van der Waals surface area (Å²) in [7, 11) is 1.64. The van der Waals surface area contributed by atoms with Gasteiger partial charge in [-0.2, -0.15) is 0 Å². The molecular weight excluding hydrogens is 284 g/mol. The smallest absolute Gasteiger partial charge is 0.340 e. The zero-order chi connectivity index (χ0) is 16.1. The Kier molecular flexibility index (Phi) is 4.60. The van der Waals surface area contributed by atoms with Crippen molar-refractivity contribution in [2.45, 2.75) is 6.92 Å². The monoisotopic (exact) mass is 298 g/mol. The maximum absolute atomic E-state index is 12.3. The van der Waals surface area contributed by atoms with Gasteiger partial charge in [-0.15, -0.1) is 0 Å². The standard InChI is InChI=1S/C15H14N4O3/c1-3-22-15(21)12(17-18-16)9-11-8-10-6-4-5-7-13(10)19(2)14(11)20/h4-9H,3H2,1-2H3/b12-9-. The molecule has 0 saturated carbocycles. The number of carbonyl (C=O) groups is 1. The number of fused-ring (bicyclic) bond motifs is 1. The van der Waals surface area contributed by atoms with E-state index in [9.17, 15) is 9.59 Å². The summed E-state index contributed by atoms with van der Waals surface area (Å²) >= 11 is 0. The first-order valence-electron chi connectivity index (χ1n) is 6.61. The molecule has 0 N–H and O–H groups in total. The van der Waals surface area contributed by atoms with Crippen molar-refractivity contribution in [1.29, 1.82) is 0 Å². The minimum atomic E-state index is -0.768. The lowest BCUT2D eigenvalue weighted by Crippen LogP contribution is -2.19. The van der Waals surface area contributed by atoms with Gasteiger partial charge in [0.15, 0.2) is 0 Å². The lowest BCUT2D eigenvalue weighted by molar-refractivity contribution is -0.138. The zero-order valence-corrected chi connectivity index (χ0v) is 12.2. The number of carbonyl (C=O) groups excluding carboxylic acids is 1. The molecule has 0 aliphatic rings. The third kappa shape index (κ3) is 2.99. The Balaban J connectivity index is 2.65. The molecule has 22 heavy (non-hydrogen) atoms. The number of rotatable bonds is 4. The van der Waals surface area contributed by atoms with Crippen LogP contribution in [0.5, 0.6) is 0 Å². The first kappa shape index (κ1) is 15.3. The van der Waals surface area contributed by atoms with Crippen molar-refractivity contribution < 1.29 is 9.53 Å². The molecule has 0 radical (unpaired) electrons. The molecule has 7 heteroatoms. The van der Waals surface area contributed by atoms with Gasteiger partial charge in [0.2, 0.25) is 0 Å². The normalized spacial score (nSPS) is 11.1. The highest BCUT2D eigenvalue weighted by molar-refractivity contribution is 5.94. The van der Waals surface area contributed by atoms with Crippen molar-refractivity contribution in [3.63, 3.8) is 0 Å². The van der Waals surface area contributed by atoms with Gasteiger partial charge in [-0.3, -0.25) is 4.79 Å². The van der Waals surface area contributed by atoms with Crippen LogP contribution in [0.15, 0.2) is 45.9 Å². The lowest BCUT2D eigenvalue weighted by atomic mass is 10.1. The fourth-order valence-corrected chi connectivity index (χ4v) is 2.08. The second-order valence-electron chi connectivity index (χ2n) is 4.46. The van der Waals surface area contributed by atoms with Gasteiger partial charge in [0, 0.05) is 17.5 Å². The number of azide groups is 1. The summed E-state index contributed by atoms with van der Waals surface area (Å²) < 4.78 is 6.28. The molecule has 1 heterocycles. The lowest BCUT2D eigenvalue weighted by Gasteiger charge is -2.07. The van der Waals surface area contributed by atoms with Gasteiger partial charge < -0.3 is 9.30 Å². The highest BCUT2D eigenvalue weighted by Crippen LogP contribution is 2.15. The van der Waals surface area contributed by atoms with Crippen LogP contribution < -0.4 is 5.56 Å². The summed E-state index contributed by atoms with van der Waals surface area (Å²) in [5.41, 5.74) is 9.02. The number of esters is 1. The van der Waals surface area contributed by atoms with Gasteiger partial charge in [-0.25, -0.2) is 4.79 Å². The molecule has 0 unspecified atom stereocenters. The molecular formula is C15H14N4O3. The highest BCUT2D eigenvalue weighted by Gasteiger charge is 2.11. The quantitative estimate of drug-likeness (QED) is 0.285. The van der Waals surface area contributed by atoms with E-state index in [1.165, 1.54) is 10.6 Å². The predicted octanol–water partition coefficient (Wildman–Crippen LogP) is 2.75. The van der Waals surface area contributed by atoms with E-state index in [4.69, 9.17) is 10.3 Å². The average Bonchev–Trinajstić information content (AvgIpc) is 2.52. The fourth-order valence-electron chi connectivity index (χ4n) is 2.08. The highest BCUT2D eigenvalue weighted by atomic mass is 16.5. The van der Waals surface area contributed by atoms with Crippen molar-refractivity contribution in [2.24, 2.45) is 12.2 Å². The van der Waals surface area contributed by atoms with Gasteiger partial charge in [0.1, 0.15) is 5.70 Å². The number of benzene rings is 1. The Hall–Kier alpha value is -3.05. The number of nitrogens with zero attached hydrogens (tertiary/aromatic N) is 4. The minimum Gasteiger partial charge on any atom is -0.462 e.